The maximum Gasteiger partial charge on any atom is 0.240 e. The molecule has 3 N–H and O–H groups in total. The van der Waals surface area contributed by atoms with E-state index < -0.39 is 10.0 Å². The molecule has 0 radical (unpaired) electrons. The van der Waals surface area contributed by atoms with Crippen molar-refractivity contribution in [1.29, 1.82) is 0 Å². The summed E-state index contributed by atoms with van der Waals surface area (Å²) in [5.41, 5.74) is 7.10. The molecule has 0 aromatic heterocycles. The lowest BCUT2D eigenvalue weighted by Gasteiger charge is -2.16. The van der Waals surface area contributed by atoms with Crippen molar-refractivity contribution < 1.29 is 8.42 Å². The first-order valence-corrected chi connectivity index (χ1v) is 8.23. The lowest BCUT2D eigenvalue weighted by molar-refractivity contribution is 0.449. The van der Waals surface area contributed by atoms with Crippen molar-refractivity contribution in [2.75, 3.05) is 12.3 Å². The standard InChI is InChI=1S/C14H22N2O2S/c1-3-7-14(8-9-14)10-16-19(17,18)13-6-4-5-12(15)11(13)2/h4-6,16H,3,7-10,15H2,1-2H3. The molecular weight excluding hydrogens is 260 g/mol. The Kier molecular flexibility index (Phi) is 3.87. The van der Waals surface area contributed by atoms with Crippen LogP contribution in [0.5, 0.6) is 0 Å². The van der Waals surface area contributed by atoms with Crippen molar-refractivity contribution >= 4 is 15.7 Å². The SMILES string of the molecule is CCCC1(CNS(=O)(=O)c2cccc(N)c2C)CC1. The molecule has 19 heavy (non-hydrogen) atoms. The molecule has 0 atom stereocenters. The monoisotopic (exact) mass is 282 g/mol. The Morgan fingerprint density at radius 1 is 1.37 bits per heavy atom. The van der Waals surface area contributed by atoms with Crippen LogP contribution in [-0.4, -0.2) is 15.0 Å². The van der Waals surface area contributed by atoms with Gasteiger partial charge in [0.25, 0.3) is 0 Å². The van der Waals surface area contributed by atoms with Gasteiger partial charge in [-0.25, -0.2) is 13.1 Å². The molecule has 1 saturated carbocycles. The topological polar surface area (TPSA) is 72.2 Å². The molecule has 1 aliphatic rings. The summed E-state index contributed by atoms with van der Waals surface area (Å²) in [6, 6.07) is 5.00. The molecule has 0 unspecified atom stereocenters. The Morgan fingerprint density at radius 2 is 2.05 bits per heavy atom. The van der Waals surface area contributed by atoms with E-state index in [0.717, 1.165) is 25.7 Å². The second-order valence-corrected chi connectivity index (χ2v) is 7.28. The highest BCUT2D eigenvalue weighted by Crippen LogP contribution is 2.49. The van der Waals surface area contributed by atoms with E-state index in [9.17, 15) is 8.42 Å². The minimum Gasteiger partial charge on any atom is -0.398 e. The number of hydrogen-bond acceptors (Lipinski definition) is 3. The number of nitrogen functional groups attached to an aromatic ring is 1. The van der Waals surface area contributed by atoms with E-state index in [4.69, 9.17) is 5.73 Å². The predicted molar refractivity (Wildman–Crippen MR) is 77.4 cm³/mol. The Labute approximate surface area is 115 Å². The fourth-order valence-corrected chi connectivity index (χ4v) is 3.90. The van der Waals surface area contributed by atoms with E-state index in [1.807, 2.05) is 0 Å². The quantitative estimate of drug-likeness (QED) is 0.787. The van der Waals surface area contributed by atoms with Crippen LogP contribution in [0.3, 0.4) is 0 Å². The highest BCUT2D eigenvalue weighted by atomic mass is 32.2. The normalized spacial score (nSPS) is 17.4. The summed E-state index contributed by atoms with van der Waals surface area (Å²) in [6.45, 7) is 4.41. The molecule has 0 bridgehead atoms. The second kappa shape index (κ2) is 5.13. The van der Waals surface area contributed by atoms with Gasteiger partial charge in [0.15, 0.2) is 0 Å². The van der Waals surface area contributed by atoms with E-state index in [2.05, 4.69) is 11.6 Å². The molecule has 0 heterocycles. The Bertz CT molecular complexity index is 563. The van der Waals surface area contributed by atoms with Crippen LogP contribution in [0.15, 0.2) is 23.1 Å². The van der Waals surface area contributed by atoms with Crippen LogP contribution in [-0.2, 0) is 10.0 Å². The molecule has 1 fully saturated rings. The fraction of sp³-hybridized carbons (Fsp3) is 0.571. The van der Waals surface area contributed by atoms with Crippen molar-refractivity contribution in [3.05, 3.63) is 23.8 Å². The van der Waals surface area contributed by atoms with Gasteiger partial charge >= 0.3 is 0 Å². The zero-order valence-electron chi connectivity index (χ0n) is 11.6. The zero-order chi connectivity index (χ0) is 14.1. The minimum atomic E-state index is -3.45. The molecule has 0 saturated heterocycles. The molecule has 1 aliphatic carbocycles. The maximum atomic E-state index is 12.3. The third-order valence-electron chi connectivity index (χ3n) is 3.99. The number of hydrogen-bond donors (Lipinski definition) is 2. The van der Waals surface area contributed by atoms with Gasteiger partial charge in [-0.05, 0) is 49.3 Å². The third kappa shape index (κ3) is 3.09. The first-order valence-electron chi connectivity index (χ1n) is 6.75. The van der Waals surface area contributed by atoms with Gasteiger partial charge in [-0.1, -0.05) is 19.4 Å². The van der Waals surface area contributed by atoms with Gasteiger partial charge < -0.3 is 5.73 Å². The summed E-state index contributed by atoms with van der Waals surface area (Å²) >= 11 is 0. The molecule has 2 rings (SSSR count). The van der Waals surface area contributed by atoms with Gasteiger partial charge in [0, 0.05) is 12.2 Å². The van der Waals surface area contributed by atoms with Crippen LogP contribution >= 0.6 is 0 Å². The summed E-state index contributed by atoms with van der Waals surface area (Å²) in [7, 11) is -3.45. The van der Waals surface area contributed by atoms with Crippen LogP contribution in [0.2, 0.25) is 0 Å². The van der Waals surface area contributed by atoms with Crippen molar-refractivity contribution in [3.8, 4) is 0 Å². The largest absolute Gasteiger partial charge is 0.398 e. The molecular formula is C14H22N2O2S. The van der Waals surface area contributed by atoms with Gasteiger partial charge in [-0.15, -0.1) is 0 Å². The van der Waals surface area contributed by atoms with Crippen LogP contribution in [0.25, 0.3) is 0 Å². The summed E-state index contributed by atoms with van der Waals surface area (Å²) < 4.78 is 27.4. The number of sulfonamides is 1. The molecule has 1 aromatic carbocycles. The number of benzene rings is 1. The Hall–Kier alpha value is -1.07. The first-order chi connectivity index (χ1) is 8.90. The molecule has 5 heteroatoms. The summed E-state index contributed by atoms with van der Waals surface area (Å²) in [4.78, 5) is 0.291. The molecule has 4 nitrogen and oxygen atoms in total. The molecule has 0 spiro atoms. The fourth-order valence-electron chi connectivity index (χ4n) is 2.47. The van der Waals surface area contributed by atoms with Gasteiger partial charge in [0.05, 0.1) is 4.90 Å². The lowest BCUT2D eigenvalue weighted by Crippen LogP contribution is -2.30. The number of nitrogens with two attached hydrogens (primary N) is 1. The van der Waals surface area contributed by atoms with E-state index in [1.165, 1.54) is 0 Å². The van der Waals surface area contributed by atoms with Crippen molar-refractivity contribution in [2.45, 2.75) is 44.4 Å². The van der Waals surface area contributed by atoms with Crippen LogP contribution in [0.4, 0.5) is 5.69 Å². The van der Waals surface area contributed by atoms with Gasteiger partial charge in [-0.2, -0.15) is 0 Å². The van der Waals surface area contributed by atoms with Crippen LogP contribution < -0.4 is 10.5 Å². The molecule has 1 aromatic rings. The van der Waals surface area contributed by atoms with E-state index >= 15 is 0 Å². The van der Waals surface area contributed by atoms with Crippen LogP contribution in [0, 0.1) is 12.3 Å². The van der Waals surface area contributed by atoms with Crippen LogP contribution in [0.1, 0.15) is 38.2 Å². The van der Waals surface area contributed by atoms with Crippen molar-refractivity contribution in [3.63, 3.8) is 0 Å². The maximum absolute atomic E-state index is 12.3. The van der Waals surface area contributed by atoms with Crippen molar-refractivity contribution in [1.82, 2.24) is 4.72 Å². The minimum absolute atomic E-state index is 0.204. The van der Waals surface area contributed by atoms with Crippen molar-refractivity contribution in [2.24, 2.45) is 5.41 Å². The number of anilines is 1. The first kappa shape index (κ1) is 14.3. The van der Waals surface area contributed by atoms with E-state index in [1.54, 1.807) is 25.1 Å². The zero-order valence-corrected chi connectivity index (χ0v) is 12.4. The second-order valence-electron chi connectivity index (χ2n) is 5.54. The highest BCUT2D eigenvalue weighted by Gasteiger charge is 2.42. The summed E-state index contributed by atoms with van der Waals surface area (Å²) in [5.74, 6) is 0. The summed E-state index contributed by atoms with van der Waals surface area (Å²) in [5, 5.41) is 0. The molecule has 0 aliphatic heterocycles. The smallest absolute Gasteiger partial charge is 0.240 e. The van der Waals surface area contributed by atoms with Gasteiger partial charge in [0.2, 0.25) is 10.0 Å². The number of rotatable bonds is 6. The average molecular weight is 282 g/mol. The highest BCUT2D eigenvalue weighted by molar-refractivity contribution is 7.89. The number of nitrogens with one attached hydrogen (secondary N) is 1. The Balaban J connectivity index is 2.13. The summed E-state index contributed by atoms with van der Waals surface area (Å²) in [6.07, 6.45) is 4.43. The van der Waals surface area contributed by atoms with Gasteiger partial charge in [-0.3, -0.25) is 0 Å². The van der Waals surface area contributed by atoms with Gasteiger partial charge in [0.1, 0.15) is 0 Å². The lowest BCUT2D eigenvalue weighted by atomic mass is 10.0. The predicted octanol–water partition coefficient (Wildman–Crippen LogP) is 2.44. The molecule has 106 valence electrons. The molecule has 0 amide bonds. The van der Waals surface area contributed by atoms with E-state index in [-0.39, 0.29) is 5.41 Å². The third-order valence-corrected chi connectivity index (χ3v) is 5.54. The average Bonchev–Trinajstić information content (AvgIpc) is 3.11. The Morgan fingerprint density at radius 3 is 2.63 bits per heavy atom. The van der Waals surface area contributed by atoms with E-state index in [0.29, 0.717) is 22.7 Å².